The number of aromatic nitrogens is 1. The Morgan fingerprint density at radius 2 is 1.78 bits per heavy atom. The smallest absolute Gasteiger partial charge is 0.241 e. The number of hydrogen-bond donors (Lipinski definition) is 0. The molecule has 5 heteroatoms. The van der Waals surface area contributed by atoms with Crippen LogP contribution in [0.3, 0.4) is 0 Å². The molecule has 0 saturated carbocycles. The second kappa shape index (κ2) is 3.38. The molecule has 18 heavy (non-hydrogen) atoms. The highest BCUT2D eigenvalue weighted by atomic mass is 16.5. The minimum Gasteiger partial charge on any atom is -0.373 e. The van der Waals surface area contributed by atoms with E-state index in [0.29, 0.717) is 5.82 Å². The SMILES string of the molecule is O=C1[C@@H]2[C@H](C(=O)N1c1ccccn1)[C@@H]1CC[C@@H]2O1. The molecule has 1 aromatic heterocycles. The van der Waals surface area contributed by atoms with E-state index in [4.69, 9.17) is 4.74 Å². The Balaban J connectivity index is 1.76. The molecular weight excluding hydrogens is 232 g/mol. The van der Waals surface area contributed by atoms with E-state index in [1.165, 1.54) is 4.90 Å². The minimum atomic E-state index is -0.279. The largest absolute Gasteiger partial charge is 0.373 e. The van der Waals surface area contributed by atoms with Crippen molar-refractivity contribution in [2.45, 2.75) is 25.0 Å². The normalized spacial score (nSPS) is 37.4. The second-order valence-corrected chi connectivity index (χ2v) is 5.04. The molecule has 3 aliphatic rings. The number of anilines is 1. The van der Waals surface area contributed by atoms with Crippen molar-refractivity contribution in [2.75, 3.05) is 4.90 Å². The molecule has 0 N–H and O–H groups in total. The lowest BCUT2D eigenvalue weighted by Crippen LogP contribution is -2.34. The summed E-state index contributed by atoms with van der Waals surface area (Å²) in [6, 6.07) is 5.24. The van der Waals surface area contributed by atoms with Crippen molar-refractivity contribution in [1.29, 1.82) is 0 Å². The molecule has 92 valence electrons. The van der Waals surface area contributed by atoms with E-state index < -0.39 is 0 Å². The molecule has 0 unspecified atom stereocenters. The molecule has 2 amide bonds. The molecule has 0 aromatic carbocycles. The van der Waals surface area contributed by atoms with Crippen molar-refractivity contribution in [2.24, 2.45) is 11.8 Å². The van der Waals surface area contributed by atoms with Crippen LogP contribution in [-0.4, -0.2) is 29.0 Å². The number of rotatable bonds is 1. The molecule has 0 radical (unpaired) electrons. The van der Waals surface area contributed by atoms with Crippen LogP contribution in [0.1, 0.15) is 12.8 Å². The van der Waals surface area contributed by atoms with Gasteiger partial charge in [0.05, 0.1) is 24.0 Å². The van der Waals surface area contributed by atoms with Crippen LogP contribution in [0.15, 0.2) is 24.4 Å². The summed E-state index contributed by atoms with van der Waals surface area (Å²) in [4.78, 5) is 30.1. The van der Waals surface area contributed by atoms with E-state index in [-0.39, 0.29) is 35.9 Å². The molecule has 1 aromatic rings. The molecule has 4 rings (SSSR count). The summed E-state index contributed by atoms with van der Waals surface area (Å²) in [7, 11) is 0. The molecule has 2 bridgehead atoms. The molecule has 3 saturated heterocycles. The van der Waals surface area contributed by atoms with Gasteiger partial charge < -0.3 is 4.74 Å². The lowest BCUT2D eigenvalue weighted by molar-refractivity contribution is -0.124. The summed E-state index contributed by atoms with van der Waals surface area (Å²) in [5.74, 6) is -0.412. The average Bonchev–Trinajstić information content (AvgIpc) is 3.05. The monoisotopic (exact) mass is 244 g/mol. The van der Waals surface area contributed by atoms with E-state index in [9.17, 15) is 9.59 Å². The van der Waals surface area contributed by atoms with Gasteiger partial charge in [-0.15, -0.1) is 0 Å². The number of hydrogen-bond acceptors (Lipinski definition) is 4. The summed E-state index contributed by atoms with van der Waals surface area (Å²) < 4.78 is 5.68. The zero-order valence-electron chi connectivity index (χ0n) is 9.65. The van der Waals surface area contributed by atoms with Crippen LogP contribution in [0.25, 0.3) is 0 Å². The van der Waals surface area contributed by atoms with Crippen LogP contribution < -0.4 is 4.90 Å². The maximum absolute atomic E-state index is 12.4. The summed E-state index contributed by atoms with van der Waals surface area (Å²) in [6.07, 6.45) is 3.24. The van der Waals surface area contributed by atoms with Crippen LogP contribution in [0, 0.1) is 11.8 Å². The van der Waals surface area contributed by atoms with Gasteiger partial charge in [0.15, 0.2) is 0 Å². The van der Waals surface area contributed by atoms with Crippen LogP contribution in [0.2, 0.25) is 0 Å². The molecule has 4 atom stereocenters. The average molecular weight is 244 g/mol. The van der Waals surface area contributed by atoms with Gasteiger partial charge in [-0.05, 0) is 25.0 Å². The topological polar surface area (TPSA) is 59.5 Å². The highest BCUT2D eigenvalue weighted by molar-refractivity contribution is 6.22. The van der Waals surface area contributed by atoms with Crippen molar-refractivity contribution < 1.29 is 14.3 Å². The highest BCUT2D eigenvalue weighted by Gasteiger charge is 2.62. The van der Waals surface area contributed by atoms with E-state index in [2.05, 4.69) is 4.98 Å². The lowest BCUT2D eigenvalue weighted by Gasteiger charge is -2.15. The highest BCUT2D eigenvalue weighted by Crippen LogP contribution is 2.49. The maximum Gasteiger partial charge on any atom is 0.241 e. The van der Waals surface area contributed by atoms with Gasteiger partial charge in [0, 0.05) is 6.20 Å². The third kappa shape index (κ3) is 1.12. The summed E-state index contributed by atoms with van der Waals surface area (Å²) >= 11 is 0. The second-order valence-electron chi connectivity index (χ2n) is 5.04. The molecule has 0 spiro atoms. The predicted molar refractivity (Wildman–Crippen MR) is 61.6 cm³/mol. The van der Waals surface area contributed by atoms with Gasteiger partial charge in [0.2, 0.25) is 11.8 Å². The predicted octanol–water partition coefficient (Wildman–Crippen LogP) is 0.748. The Morgan fingerprint density at radius 3 is 2.33 bits per heavy atom. The fraction of sp³-hybridized carbons (Fsp3) is 0.462. The first-order valence-electron chi connectivity index (χ1n) is 6.21. The molecule has 4 heterocycles. The number of fused-ring (bicyclic) bond motifs is 5. The Kier molecular flexibility index (Phi) is 1.92. The zero-order chi connectivity index (χ0) is 12.3. The first-order valence-corrected chi connectivity index (χ1v) is 6.21. The Bertz CT molecular complexity index is 502. The molecule has 3 fully saturated rings. The third-order valence-electron chi connectivity index (χ3n) is 4.16. The van der Waals surface area contributed by atoms with E-state index in [1.54, 1.807) is 24.4 Å². The summed E-state index contributed by atoms with van der Waals surface area (Å²) in [6.45, 7) is 0. The lowest BCUT2D eigenvalue weighted by atomic mass is 9.81. The standard InChI is InChI=1S/C13H12N2O3/c16-12-10-7-4-5-8(18-7)11(10)13(17)15(12)9-3-1-2-6-14-9/h1-3,6-8,10-11H,4-5H2/t7-,8-,10-,11+/m0/s1. The number of carbonyl (C=O) groups excluding carboxylic acids is 2. The third-order valence-corrected chi connectivity index (χ3v) is 4.16. The van der Waals surface area contributed by atoms with Crippen LogP contribution in [-0.2, 0) is 14.3 Å². The number of amides is 2. The van der Waals surface area contributed by atoms with Crippen molar-refractivity contribution in [3.8, 4) is 0 Å². The van der Waals surface area contributed by atoms with Crippen LogP contribution in [0.4, 0.5) is 5.82 Å². The van der Waals surface area contributed by atoms with Gasteiger partial charge in [0.25, 0.3) is 0 Å². The summed E-state index contributed by atoms with van der Waals surface area (Å²) in [5.41, 5.74) is 0. The Morgan fingerprint density at radius 1 is 1.11 bits per heavy atom. The molecule has 3 aliphatic heterocycles. The number of nitrogens with zero attached hydrogens (tertiary/aromatic N) is 2. The first kappa shape index (κ1) is 10.2. The number of carbonyl (C=O) groups is 2. The van der Waals surface area contributed by atoms with Gasteiger partial charge >= 0.3 is 0 Å². The molecule has 0 aliphatic carbocycles. The van der Waals surface area contributed by atoms with Gasteiger partial charge in [-0.2, -0.15) is 0 Å². The van der Waals surface area contributed by atoms with E-state index in [0.717, 1.165) is 12.8 Å². The van der Waals surface area contributed by atoms with Crippen molar-refractivity contribution in [3.05, 3.63) is 24.4 Å². The quantitative estimate of drug-likeness (QED) is 0.684. The fourth-order valence-electron chi connectivity index (χ4n) is 3.42. The zero-order valence-corrected chi connectivity index (χ0v) is 9.65. The van der Waals surface area contributed by atoms with Gasteiger partial charge in [-0.1, -0.05) is 6.07 Å². The number of ether oxygens (including phenoxy) is 1. The van der Waals surface area contributed by atoms with Gasteiger partial charge in [0.1, 0.15) is 5.82 Å². The van der Waals surface area contributed by atoms with Crippen molar-refractivity contribution in [3.63, 3.8) is 0 Å². The summed E-state index contributed by atoms with van der Waals surface area (Å²) in [5, 5.41) is 0. The fourth-order valence-corrected chi connectivity index (χ4v) is 3.42. The minimum absolute atomic E-state index is 0.0647. The van der Waals surface area contributed by atoms with Crippen molar-refractivity contribution >= 4 is 17.6 Å². The van der Waals surface area contributed by atoms with Gasteiger partial charge in [-0.3, -0.25) is 9.59 Å². The Labute approximate surface area is 104 Å². The first-order chi connectivity index (χ1) is 8.77. The van der Waals surface area contributed by atoms with Crippen LogP contribution >= 0.6 is 0 Å². The van der Waals surface area contributed by atoms with Gasteiger partial charge in [-0.25, -0.2) is 9.88 Å². The number of pyridine rings is 1. The number of imide groups is 1. The maximum atomic E-state index is 12.4. The Hall–Kier alpha value is -1.75. The van der Waals surface area contributed by atoms with Crippen molar-refractivity contribution in [1.82, 2.24) is 4.98 Å². The molecule has 5 nitrogen and oxygen atoms in total. The van der Waals surface area contributed by atoms with E-state index in [1.807, 2.05) is 0 Å². The van der Waals surface area contributed by atoms with Crippen LogP contribution in [0.5, 0.6) is 0 Å². The van der Waals surface area contributed by atoms with E-state index >= 15 is 0 Å². The molecular formula is C13H12N2O3.